The van der Waals surface area contributed by atoms with Gasteiger partial charge in [-0.15, -0.1) is 0 Å². The molecule has 1 heterocycles. The minimum atomic E-state index is -0.0351. The maximum atomic E-state index is 5.96. The van der Waals surface area contributed by atoms with E-state index in [4.69, 9.17) is 22.3 Å². The highest BCUT2D eigenvalue weighted by Crippen LogP contribution is 2.27. The van der Waals surface area contributed by atoms with Crippen molar-refractivity contribution in [1.82, 2.24) is 4.98 Å². The number of aromatic amines is 1. The number of hydrogen-bond donors (Lipinski definition) is 2. The second kappa shape index (κ2) is 8.33. The number of rotatable bonds is 4. The van der Waals surface area contributed by atoms with Gasteiger partial charge in [-0.1, -0.05) is 54.6 Å². The molecule has 0 aliphatic rings. The Morgan fingerprint density at radius 3 is 2.62 bits per heavy atom. The standard InChI is InChI=1S/C24H21ClN4/c1-16-6-5-9-20(18-7-3-2-4-8-18)22(16)23(29-24(25)26)28-15-17-10-11-21-19(14-17)12-13-27-21/h2-14,27H,15H2,1H3,(H2,26,28,29). The molecule has 0 atom stereocenters. The molecular weight excluding hydrogens is 380 g/mol. The predicted molar refractivity (Wildman–Crippen MR) is 123 cm³/mol. The van der Waals surface area contributed by atoms with Crippen LogP contribution in [0.25, 0.3) is 22.0 Å². The number of amidine groups is 2. The summed E-state index contributed by atoms with van der Waals surface area (Å²) in [5.74, 6) is 0.531. The Balaban J connectivity index is 1.79. The van der Waals surface area contributed by atoms with Crippen molar-refractivity contribution in [2.45, 2.75) is 13.5 Å². The van der Waals surface area contributed by atoms with Crippen LogP contribution in [0.2, 0.25) is 0 Å². The first-order valence-electron chi connectivity index (χ1n) is 9.37. The Labute approximate surface area is 174 Å². The average molecular weight is 401 g/mol. The van der Waals surface area contributed by atoms with Crippen molar-refractivity contribution >= 4 is 33.6 Å². The molecule has 0 fully saturated rings. The number of nitrogens with two attached hydrogens (primary N) is 1. The summed E-state index contributed by atoms with van der Waals surface area (Å²) in [7, 11) is 0. The smallest absolute Gasteiger partial charge is 0.195 e. The van der Waals surface area contributed by atoms with Crippen molar-refractivity contribution in [1.29, 1.82) is 0 Å². The average Bonchev–Trinajstić information content (AvgIpc) is 3.19. The van der Waals surface area contributed by atoms with E-state index in [1.165, 1.54) is 0 Å². The molecule has 5 heteroatoms. The first kappa shape index (κ1) is 19.0. The topological polar surface area (TPSA) is 66.5 Å². The van der Waals surface area contributed by atoms with Crippen LogP contribution in [0.15, 0.2) is 89.0 Å². The number of hydrogen-bond acceptors (Lipinski definition) is 1. The summed E-state index contributed by atoms with van der Waals surface area (Å²) in [4.78, 5) is 12.4. The number of aryl methyl sites for hydroxylation is 1. The van der Waals surface area contributed by atoms with Crippen LogP contribution in [0.5, 0.6) is 0 Å². The number of aliphatic imine (C=N–C) groups is 2. The van der Waals surface area contributed by atoms with E-state index in [0.717, 1.165) is 38.7 Å². The summed E-state index contributed by atoms with van der Waals surface area (Å²) in [6.45, 7) is 2.52. The molecule has 0 aliphatic carbocycles. The molecular formula is C24H21ClN4. The third kappa shape index (κ3) is 4.23. The fourth-order valence-electron chi connectivity index (χ4n) is 3.46. The van der Waals surface area contributed by atoms with Crippen molar-refractivity contribution < 1.29 is 0 Å². The lowest BCUT2D eigenvalue weighted by molar-refractivity contribution is 1.06. The minimum absolute atomic E-state index is 0.0351. The Hall–Kier alpha value is -3.37. The van der Waals surface area contributed by atoms with Crippen molar-refractivity contribution in [2.24, 2.45) is 15.7 Å². The molecule has 1 aromatic heterocycles. The van der Waals surface area contributed by atoms with Gasteiger partial charge in [-0.25, -0.2) is 4.99 Å². The lowest BCUT2D eigenvalue weighted by Crippen LogP contribution is -2.10. The minimum Gasteiger partial charge on any atom is -0.374 e. The number of benzene rings is 3. The largest absolute Gasteiger partial charge is 0.374 e. The van der Waals surface area contributed by atoms with E-state index in [0.29, 0.717) is 12.4 Å². The molecule has 3 aromatic carbocycles. The van der Waals surface area contributed by atoms with Gasteiger partial charge in [0.05, 0.1) is 6.54 Å². The van der Waals surface area contributed by atoms with Gasteiger partial charge in [0, 0.05) is 17.3 Å². The van der Waals surface area contributed by atoms with Gasteiger partial charge >= 0.3 is 0 Å². The van der Waals surface area contributed by atoms with E-state index in [9.17, 15) is 0 Å². The van der Waals surface area contributed by atoms with E-state index >= 15 is 0 Å². The number of nitrogens with zero attached hydrogens (tertiary/aromatic N) is 2. The quantitative estimate of drug-likeness (QED) is 0.259. The Kier molecular flexibility index (Phi) is 5.45. The van der Waals surface area contributed by atoms with Gasteiger partial charge in [0.25, 0.3) is 0 Å². The molecule has 3 N–H and O–H groups in total. The van der Waals surface area contributed by atoms with E-state index in [-0.39, 0.29) is 5.29 Å². The third-order valence-corrected chi connectivity index (χ3v) is 4.91. The highest BCUT2D eigenvalue weighted by Gasteiger charge is 2.14. The van der Waals surface area contributed by atoms with E-state index < -0.39 is 0 Å². The Bertz CT molecular complexity index is 1200. The molecule has 0 saturated carbocycles. The van der Waals surface area contributed by atoms with Crippen LogP contribution >= 0.6 is 11.6 Å². The van der Waals surface area contributed by atoms with Gasteiger partial charge in [-0.2, -0.15) is 0 Å². The normalized spacial score (nSPS) is 12.5. The van der Waals surface area contributed by atoms with E-state index in [2.05, 4.69) is 46.4 Å². The molecule has 144 valence electrons. The fraction of sp³-hybridized carbons (Fsp3) is 0.0833. The van der Waals surface area contributed by atoms with Gasteiger partial charge < -0.3 is 10.7 Å². The molecule has 4 rings (SSSR count). The highest BCUT2D eigenvalue weighted by atomic mass is 35.5. The van der Waals surface area contributed by atoms with Crippen LogP contribution < -0.4 is 5.73 Å². The van der Waals surface area contributed by atoms with Gasteiger partial charge in [0.15, 0.2) is 11.1 Å². The van der Waals surface area contributed by atoms with Gasteiger partial charge in [-0.3, -0.25) is 4.99 Å². The maximum absolute atomic E-state index is 5.96. The van der Waals surface area contributed by atoms with Crippen molar-refractivity contribution in [3.05, 3.63) is 95.7 Å². The van der Waals surface area contributed by atoms with Crippen molar-refractivity contribution in [3.63, 3.8) is 0 Å². The molecule has 4 nitrogen and oxygen atoms in total. The van der Waals surface area contributed by atoms with Crippen LogP contribution in [0.1, 0.15) is 16.7 Å². The van der Waals surface area contributed by atoms with Crippen molar-refractivity contribution in [2.75, 3.05) is 0 Å². The molecule has 0 spiro atoms. The van der Waals surface area contributed by atoms with E-state index in [1.807, 2.05) is 49.5 Å². The first-order chi connectivity index (χ1) is 14.1. The first-order valence-corrected chi connectivity index (χ1v) is 9.75. The third-order valence-electron chi connectivity index (χ3n) is 4.82. The zero-order chi connectivity index (χ0) is 20.2. The maximum Gasteiger partial charge on any atom is 0.195 e. The number of H-pyrrole nitrogens is 1. The van der Waals surface area contributed by atoms with Crippen LogP contribution in [-0.2, 0) is 6.54 Å². The summed E-state index contributed by atoms with van der Waals surface area (Å²) >= 11 is 5.96. The van der Waals surface area contributed by atoms with Gasteiger partial charge in [0.2, 0.25) is 0 Å². The molecule has 29 heavy (non-hydrogen) atoms. The zero-order valence-corrected chi connectivity index (χ0v) is 16.8. The molecule has 0 amide bonds. The number of nitrogens with one attached hydrogen (secondary N) is 1. The monoisotopic (exact) mass is 400 g/mol. The fourth-order valence-corrected chi connectivity index (χ4v) is 3.54. The number of fused-ring (bicyclic) bond motifs is 1. The second-order valence-corrected chi connectivity index (χ2v) is 7.22. The molecule has 0 saturated heterocycles. The Morgan fingerprint density at radius 2 is 1.83 bits per heavy atom. The number of aromatic nitrogens is 1. The summed E-state index contributed by atoms with van der Waals surface area (Å²) in [6, 6.07) is 24.6. The lowest BCUT2D eigenvalue weighted by Gasteiger charge is -2.13. The highest BCUT2D eigenvalue weighted by molar-refractivity contribution is 6.65. The van der Waals surface area contributed by atoms with Crippen LogP contribution in [0.3, 0.4) is 0 Å². The molecule has 0 unspecified atom stereocenters. The summed E-state index contributed by atoms with van der Waals surface area (Å²) < 4.78 is 0. The second-order valence-electron chi connectivity index (χ2n) is 6.84. The van der Waals surface area contributed by atoms with Crippen LogP contribution in [0.4, 0.5) is 0 Å². The van der Waals surface area contributed by atoms with Gasteiger partial charge in [0.1, 0.15) is 0 Å². The summed E-state index contributed by atoms with van der Waals surface area (Å²) in [6.07, 6.45) is 1.93. The summed E-state index contributed by atoms with van der Waals surface area (Å²) in [5.41, 5.74) is 12.1. The SMILES string of the molecule is Cc1cccc(-c2ccccc2)c1C(N=C(N)Cl)=NCc1ccc2[nH]ccc2c1. The molecule has 0 aliphatic heterocycles. The van der Waals surface area contributed by atoms with E-state index in [1.54, 1.807) is 0 Å². The molecule has 0 radical (unpaired) electrons. The van der Waals surface area contributed by atoms with Crippen LogP contribution in [0, 0.1) is 6.92 Å². The zero-order valence-electron chi connectivity index (χ0n) is 16.1. The Morgan fingerprint density at radius 1 is 1.00 bits per heavy atom. The van der Waals surface area contributed by atoms with Gasteiger partial charge in [-0.05, 0) is 64.4 Å². The predicted octanol–water partition coefficient (Wildman–Crippen LogP) is 5.64. The molecule has 0 bridgehead atoms. The lowest BCUT2D eigenvalue weighted by atomic mass is 9.95. The van der Waals surface area contributed by atoms with Crippen LogP contribution in [-0.4, -0.2) is 16.1 Å². The molecule has 4 aromatic rings. The van der Waals surface area contributed by atoms with Crippen molar-refractivity contribution in [3.8, 4) is 11.1 Å². The summed E-state index contributed by atoms with van der Waals surface area (Å²) in [5, 5.41) is 1.12. The number of halogens is 1.